The summed E-state index contributed by atoms with van der Waals surface area (Å²) in [5.41, 5.74) is 0. The summed E-state index contributed by atoms with van der Waals surface area (Å²) in [6.45, 7) is 0.544. The van der Waals surface area contributed by atoms with E-state index in [9.17, 15) is 0 Å². The molecule has 3 nitrogen and oxygen atoms in total. The van der Waals surface area contributed by atoms with Crippen LogP contribution in [-0.4, -0.2) is 26.2 Å². The van der Waals surface area contributed by atoms with Gasteiger partial charge in [0.15, 0.2) is 0 Å². The first-order chi connectivity index (χ1) is 4.41. The SMILES string of the molecule is CCSCC.OP(O)(O)=S. The third kappa shape index (κ3) is 66.5. The third-order valence-electron chi connectivity index (χ3n) is 0.408. The summed E-state index contributed by atoms with van der Waals surface area (Å²) >= 11 is 5.57. The zero-order chi connectivity index (χ0) is 8.62. The molecule has 10 heavy (non-hydrogen) atoms. The van der Waals surface area contributed by atoms with Crippen molar-refractivity contribution in [3.8, 4) is 0 Å². The van der Waals surface area contributed by atoms with E-state index in [2.05, 4.69) is 25.7 Å². The molecule has 0 heterocycles. The smallest absolute Gasteiger partial charge is 0.319 e. The molecule has 0 aliphatic heterocycles. The minimum absolute atomic E-state index is 1.26. The first-order valence-corrected chi connectivity index (χ1v) is 6.59. The largest absolute Gasteiger partial charge is 0.325 e. The van der Waals surface area contributed by atoms with Crippen LogP contribution in [0.25, 0.3) is 0 Å². The second-order valence-corrected chi connectivity index (χ2v) is 5.35. The first-order valence-electron chi connectivity index (χ1n) is 2.77. The second kappa shape index (κ2) is 7.98. The molecule has 0 rings (SSSR count). The Bertz CT molecular complexity index is 92.4. The molecule has 0 amide bonds. The van der Waals surface area contributed by atoms with Gasteiger partial charge >= 0.3 is 6.72 Å². The average Bonchev–Trinajstić information content (AvgIpc) is 1.63. The summed E-state index contributed by atoms with van der Waals surface area (Å²) in [6.07, 6.45) is 0. The molecule has 0 bridgehead atoms. The van der Waals surface area contributed by atoms with Crippen LogP contribution >= 0.6 is 18.5 Å². The van der Waals surface area contributed by atoms with Crippen LogP contribution in [0.3, 0.4) is 0 Å². The van der Waals surface area contributed by atoms with Gasteiger partial charge in [0.25, 0.3) is 0 Å². The normalized spacial score (nSPS) is 10.1. The minimum atomic E-state index is -3.81. The van der Waals surface area contributed by atoms with Gasteiger partial charge in [-0.25, -0.2) is 0 Å². The Morgan fingerprint density at radius 3 is 1.40 bits per heavy atom. The summed E-state index contributed by atoms with van der Waals surface area (Å²) in [5.74, 6) is 2.52. The molecule has 0 aromatic carbocycles. The molecular formula is C4H13O3PS2. The van der Waals surface area contributed by atoms with Crippen LogP contribution in [0.4, 0.5) is 0 Å². The van der Waals surface area contributed by atoms with E-state index in [1.165, 1.54) is 11.5 Å². The molecule has 0 unspecified atom stereocenters. The summed E-state index contributed by atoms with van der Waals surface area (Å²) < 4.78 is 0. The second-order valence-electron chi connectivity index (χ2n) is 1.29. The number of hydrogen-bond donors (Lipinski definition) is 3. The number of rotatable bonds is 2. The third-order valence-corrected chi connectivity index (χ3v) is 1.22. The zero-order valence-corrected chi connectivity index (χ0v) is 8.55. The van der Waals surface area contributed by atoms with Gasteiger partial charge < -0.3 is 14.7 Å². The fraction of sp³-hybridized carbons (Fsp3) is 1.00. The van der Waals surface area contributed by atoms with Gasteiger partial charge in [-0.3, -0.25) is 0 Å². The summed E-state index contributed by atoms with van der Waals surface area (Å²) in [5, 5.41) is 0. The fourth-order valence-corrected chi connectivity index (χ4v) is 0.612. The van der Waals surface area contributed by atoms with Crippen LogP contribution in [0.2, 0.25) is 0 Å². The molecule has 6 heteroatoms. The van der Waals surface area contributed by atoms with Crippen LogP contribution in [-0.2, 0) is 11.8 Å². The molecular weight excluding hydrogens is 191 g/mol. The maximum atomic E-state index is 7.56. The van der Waals surface area contributed by atoms with E-state index in [1.54, 1.807) is 0 Å². The van der Waals surface area contributed by atoms with Gasteiger partial charge in [-0.1, -0.05) is 13.8 Å². The fourth-order valence-electron chi connectivity index (χ4n) is 0.204. The van der Waals surface area contributed by atoms with Crippen molar-refractivity contribution in [3.63, 3.8) is 0 Å². The Morgan fingerprint density at radius 1 is 1.20 bits per heavy atom. The van der Waals surface area contributed by atoms with Gasteiger partial charge in [0.05, 0.1) is 0 Å². The van der Waals surface area contributed by atoms with Gasteiger partial charge in [0.2, 0.25) is 0 Å². The molecule has 0 aromatic heterocycles. The van der Waals surface area contributed by atoms with Crippen molar-refractivity contribution in [2.75, 3.05) is 11.5 Å². The van der Waals surface area contributed by atoms with Gasteiger partial charge in [-0.15, -0.1) is 0 Å². The van der Waals surface area contributed by atoms with E-state index >= 15 is 0 Å². The highest BCUT2D eigenvalue weighted by atomic mass is 32.5. The highest BCUT2D eigenvalue weighted by Gasteiger charge is 1.92. The summed E-state index contributed by atoms with van der Waals surface area (Å²) in [4.78, 5) is 22.7. The van der Waals surface area contributed by atoms with Crippen molar-refractivity contribution < 1.29 is 14.7 Å². The van der Waals surface area contributed by atoms with Gasteiger partial charge in [0, 0.05) is 0 Å². The lowest BCUT2D eigenvalue weighted by atomic mass is 11.0. The van der Waals surface area contributed by atoms with Crippen molar-refractivity contribution in [1.82, 2.24) is 0 Å². The molecule has 0 saturated heterocycles. The lowest BCUT2D eigenvalue weighted by molar-refractivity contribution is 0.363. The average molecular weight is 204 g/mol. The molecule has 0 aliphatic carbocycles. The predicted molar refractivity (Wildman–Crippen MR) is 49.6 cm³/mol. The van der Waals surface area contributed by atoms with Crippen molar-refractivity contribution in [2.24, 2.45) is 0 Å². The van der Waals surface area contributed by atoms with Crippen LogP contribution in [0.5, 0.6) is 0 Å². The van der Waals surface area contributed by atoms with E-state index in [-0.39, 0.29) is 0 Å². The highest BCUT2D eigenvalue weighted by molar-refractivity contribution is 8.06. The van der Waals surface area contributed by atoms with Crippen LogP contribution in [0, 0.1) is 0 Å². The molecule has 0 atom stereocenters. The molecule has 0 saturated carbocycles. The highest BCUT2D eigenvalue weighted by Crippen LogP contribution is 2.26. The van der Waals surface area contributed by atoms with E-state index in [0.717, 1.165) is 0 Å². The Morgan fingerprint density at radius 2 is 1.40 bits per heavy atom. The monoisotopic (exact) mass is 204 g/mol. The number of hydrogen-bond acceptors (Lipinski definition) is 2. The molecule has 0 fully saturated rings. The lowest BCUT2D eigenvalue weighted by Crippen LogP contribution is -1.65. The van der Waals surface area contributed by atoms with Gasteiger partial charge in [0.1, 0.15) is 0 Å². The quantitative estimate of drug-likeness (QED) is 0.584. The van der Waals surface area contributed by atoms with Gasteiger partial charge in [-0.05, 0) is 23.3 Å². The van der Waals surface area contributed by atoms with E-state index in [1.807, 2.05) is 11.8 Å². The molecule has 0 radical (unpaired) electrons. The van der Waals surface area contributed by atoms with Gasteiger partial charge in [-0.2, -0.15) is 11.8 Å². The van der Waals surface area contributed by atoms with Crippen molar-refractivity contribution >= 4 is 30.3 Å². The van der Waals surface area contributed by atoms with Crippen LogP contribution in [0.1, 0.15) is 13.8 Å². The number of thioether (sulfide) groups is 1. The molecule has 64 valence electrons. The zero-order valence-electron chi connectivity index (χ0n) is 6.02. The molecule has 3 N–H and O–H groups in total. The maximum Gasteiger partial charge on any atom is 0.319 e. The first kappa shape index (κ1) is 13.5. The Hall–Kier alpha value is 0.880. The molecule has 0 spiro atoms. The molecule has 0 aromatic rings. The Balaban J connectivity index is 0. The Labute approximate surface area is 70.7 Å². The van der Waals surface area contributed by atoms with E-state index in [4.69, 9.17) is 14.7 Å². The Kier molecular flexibility index (Phi) is 10.7. The van der Waals surface area contributed by atoms with Crippen molar-refractivity contribution in [3.05, 3.63) is 0 Å². The van der Waals surface area contributed by atoms with E-state index < -0.39 is 6.72 Å². The molecule has 0 aliphatic rings. The lowest BCUT2D eigenvalue weighted by Gasteiger charge is -1.88. The predicted octanol–water partition coefficient (Wildman–Crippen LogP) is 0.947. The minimum Gasteiger partial charge on any atom is -0.325 e. The van der Waals surface area contributed by atoms with Crippen molar-refractivity contribution in [2.45, 2.75) is 13.8 Å². The van der Waals surface area contributed by atoms with E-state index in [0.29, 0.717) is 0 Å². The van der Waals surface area contributed by atoms with Crippen molar-refractivity contribution in [1.29, 1.82) is 0 Å². The summed E-state index contributed by atoms with van der Waals surface area (Å²) in [6, 6.07) is 0. The van der Waals surface area contributed by atoms with Crippen LogP contribution < -0.4 is 0 Å². The topological polar surface area (TPSA) is 60.7 Å². The maximum absolute atomic E-state index is 7.56. The standard InChI is InChI=1S/C4H10S.H3O3PS/c1-3-5-4-2;1-4(2,3)5/h3-4H2,1-2H3;(H3,1,2,3,5). The summed E-state index contributed by atoms with van der Waals surface area (Å²) in [7, 11) is 0. The van der Waals surface area contributed by atoms with Crippen LogP contribution in [0.15, 0.2) is 0 Å².